The molecule has 0 bridgehead atoms. The Bertz CT molecular complexity index is 615. The first-order valence-electron chi connectivity index (χ1n) is 6.69. The number of ether oxygens (including phenoxy) is 2. The van der Waals surface area contributed by atoms with E-state index in [-0.39, 0.29) is 11.0 Å². The van der Waals surface area contributed by atoms with Gasteiger partial charge in [-0.15, -0.1) is 0 Å². The Labute approximate surface area is 130 Å². The highest BCUT2D eigenvalue weighted by molar-refractivity contribution is 7.90. The smallest absolute Gasteiger partial charge is 0.175 e. The van der Waals surface area contributed by atoms with Crippen LogP contribution in [0.1, 0.15) is 19.4 Å². The molecular formula is C14H20ClNO4S. The van der Waals surface area contributed by atoms with Crippen molar-refractivity contribution in [2.45, 2.75) is 37.2 Å². The summed E-state index contributed by atoms with van der Waals surface area (Å²) in [6.45, 7) is 5.17. The standard InChI is InChI=1S/C14H20ClNO4S/c1-14(2)19-9-10(20-14)7-16-8-11-12(15)5-4-6-13(11)21(3,17)18/h4-6,10,16H,7-9H2,1-3H3. The zero-order valence-corrected chi connectivity index (χ0v) is 13.9. The summed E-state index contributed by atoms with van der Waals surface area (Å²) in [5.41, 5.74) is 0.583. The van der Waals surface area contributed by atoms with Crippen molar-refractivity contribution >= 4 is 21.4 Å². The van der Waals surface area contributed by atoms with Crippen LogP contribution in [-0.2, 0) is 25.9 Å². The Kier molecular flexibility index (Phi) is 4.95. The summed E-state index contributed by atoms with van der Waals surface area (Å²) in [6.07, 6.45) is 1.13. The summed E-state index contributed by atoms with van der Waals surface area (Å²) < 4.78 is 34.7. The fourth-order valence-corrected chi connectivity index (χ4v) is 3.53. The summed E-state index contributed by atoms with van der Waals surface area (Å²) in [6, 6.07) is 4.89. The number of benzene rings is 1. The van der Waals surface area contributed by atoms with Gasteiger partial charge in [-0.3, -0.25) is 0 Å². The van der Waals surface area contributed by atoms with Gasteiger partial charge in [-0.2, -0.15) is 0 Å². The minimum Gasteiger partial charge on any atom is -0.348 e. The largest absolute Gasteiger partial charge is 0.348 e. The molecule has 1 N–H and O–H groups in total. The third kappa shape index (κ3) is 4.40. The van der Waals surface area contributed by atoms with Crippen molar-refractivity contribution in [3.63, 3.8) is 0 Å². The Hall–Kier alpha value is -0.660. The number of hydrogen-bond donors (Lipinski definition) is 1. The molecular weight excluding hydrogens is 314 g/mol. The fraction of sp³-hybridized carbons (Fsp3) is 0.571. The van der Waals surface area contributed by atoms with E-state index in [1.165, 1.54) is 6.26 Å². The van der Waals surface area contributed by atoms with Gasteiger partial charge in [0.15, 0.2) is 15.6 Å². The van der Waals surface area contributed by atoms with Gasteiger partial charge in [0, 0.05) is 29.9 Å². The molecule has 5 nitrogen and oxygen atoms in total. The molecule has 2 rings (SSSR count). The Balaban J connectivity index is 2.01. The first kappa shape index (κ1) is 16.7. The van der Waals surface area contributed by atoms with Crippen LogP contribution in [0.15, 0.2) is 23.1 Å². The Morgan fingerprint density at radius 1 is 1.43 bits per heavy atom. The van der Waals surface area contributed by atoms with Crippen LogP contribution in [0, 0.1) is 0 Å². The van der Waals surface area contributed by atoms with Crippen molar-refractivity contribution in [2.24, 2.45) is 0 Å². The van der Waals surface area contributed by atoms with Gasteiger partial charge in [0.05, 0.1) is 17.6 Å². The highest BCUT2D eigenvalue weighted by Crippen LogP contribution is 2.25. The zero-order chi connectivity index (χ0) is 15.7. The topological polar surface area (TPSA) is 64.6 Å². The van der Waals surface area contributed by atoms with Gasteiger partial charge < -0.3 is 14.8 Å². The molecule has 0 radical (unpaired) electrons. The lowest BCUT2D eigenvalue weighted by molar-refractivity contribution is -0.137. The lowest BCUT2D eigenvalue weighted by atomic mass is 10.2. The molecule has 1 fully saturated rings. The monoisotopic (exact) mass is 333 g/mol. The number of halogens is 1. The van der Waals surface area contributed by atoms with E-state index in [0.717, 1.165) is 0 Å². The minimum absolute atomic E-state index is 0.0517. The third-order valence-electron chi connectivity index (χ3n) is 3.22. The van der Waals surface area contributed by atoms with E-state index in [0.29, 0.717) is 30.3 Å². The SMILES string of the molecule is CC1(C)OCC(CNCc2c(Cl)cccc2S(C)(=O)=O)O1. The summed E-state index contributed by atoms with van der Waals surface area (Å²) >= 11 is 6.12. The zero-order valence-electron chi connectivity index (χ0n) is 12.3. The van der Waals surface area contributed by atoms with Crippen LogP contribution in [0.5, 0.6) is 0 Å². The van der Waals surface area contributed by atoms with Gasteiger partial charge in [-0.05, 0) is 26.0 Å². The molecule has 0 aromatic heterocycles. The maximum Gasteiger partial charge on any atom is 0.175 e. The van der Waals surface area contributed by atoms with Crippen molar-refractivity contribution < 1.29 is 17.9 Å². The van der Waals surface area contributed by atoms with Crippen molar-refractivity contribution in [1.82, 2.24) is 5.32 Å². The predicted molar refractivity (Wildman–Crippen MR) is 81.2 cm³/mol. The van der Waals surface area contributed by atoms with Crippen LogP contribution in [0.3, 0.4) is 0 Å². The third-order valence-corrected chi connectivity index (χ3v) is 4.75. The van der Waals surface area contributed by atoms with Crippen LogP contribution < -0.4 is 5.32 Å². The first-order chi connectivity index (χ1) is 9.69. The molecule has 1 unspecified atom stereocenters. The van der Waals surface area contributed by atoms with E-state index in [4.69, 9.17) is 21.1 Å². The molecule has 0 aliphatic carbocycles. The lowest BCUT2D eigenvalue weighted by Crippen LogP contribution is -2.30. The molecule has 1 heterocycles. The normalized spacial score (nSPS) is 21.6. The number of sulfone groups is 1. The highest BCUT2D eigenvalue weighted by Gasteiger charge is 2.32. The number of rotatable bonds is 5. The van der Waals surface area contributed by atoms with E-state index >= 15 is 0 Å². The average Bonchev–Trinajstić information content (AvgIpc) is 2.69. The fourth-order valence-electron chi connectivity index (χ4n) is 2.28. The quantitative estimate of drug-likeness (QED) is 0.892. The molecule has 1 saturated heterocycles. The molecule has 1 aromatic rings. The molecule has 0 amide bonds. The maximum absolute atomic E-state index is 11.8. The van der Waals surface area contributed by atoms with Crippen molar-refractivity contribution in [1.29, 1.82) is 0 Å². The summed E-state index contributed by atoms with van der Waals surface area (Å²) in [7, 11) is -3.30. The van der Waals surface area contributed by atoms with E-state index in [1.807, 2.05) is 13.8 Å². The second-order valence-corrected chi connectivity index (χ2v) is 7.96. The van der Waals surface area contributed by atoms with E-state index in [2.05, 4.69) is 5.32 Å². The van der Waals surface area contributed by atoms with Crippen LogP contribution in [0.25, 0.3) is 0 Å². The molecule has 1 aromatic carbocycles. The highest BCUT2D eigenvalue weighted by atomic mass is 35.5. The second kappa shape index (κ2) is 6.22. The van der Waals surface area contributed by atoms with Crippen molar-refractivity contribution in [2.75, 3.05) is 19.4 Å². The molecule has 21 heavy (non-hydrogen) atoms. The Morgan fingerprint density at radius 2 is 2.14 bits per heavy atom. The molecule has 1 atom stereocenters. The summed E-state index contributed by atoms with van der Waals surface area (Å²) in [4.78, 5) is 0.256. The van der Waals surface area contributed by atoms with Gasteiger partial charge in [-0.1, -0.05) is 17.7 Å². The van der Waals surface area contributed by atoms with E-state index < -0.39 is 15.6 Å². The molecule has 7 heteroatoms. The Morgan fingerprint density at radius 3 is 2.71 bits per heavy atom. The molecule has 118 valence electrons. The summed E-state index contributed by atoms with van der Waals surface area (Å²) in [5.74, 6) is -0.561. The molecule has 0 saturated carbocycles. The molecule has 0 spiro atoms. The van der Waals surface area contributed by atoms with Gasteiger partial charge >= 0.3 is 0 Å². The van der Waals surface area contributed by atoms with Gasteiger partial charge in [0.1, 0.15) is 0 Å². The van der Waals surface area contributed by atoms with Crippen LogP contribution in [-0.4, -0.2) is 39.7 Å². The van der Waals surface area contributed by atoms with Crippen LogP contribution >= 0.6 is 11.6 Å². The van der Waals surface area contributed by atoms with Crippen molar-refractivity contribution in [3.8, 4) is 0 Å². The molecule has 1 aliphatic rings. The van der Waals surface area contributed by atoms with Crippen molar-refractivity contribution in [3.05, 3.63) is 28.8 Å². The van der Waals surface area contributed by atoms with Gasteiger partial charge in [-0.25, -0.2) is 8.42 Å². The maximum atomic E-state index is 11.8. The first-order valence-corrected chi connectivity index (χ1v) is 8.96. The number of nitrogens with one attached hydrogen (secondary N) is 1. The van der Waals surface area contributed by atoms with E-state index in [9.17, 15) is 8.42 Å². The second-order valence-electron chi connectivity index (χ2n) is 5.57. The molecule has 1 aliphatic heterocycles. The van der Waals surface area contributed by atoms with Crippen LogP contribution in [0.2, 0.25) is 5.02 Å². The summed E-state index contributed by atoms with van der Waals surface area (Å²) in [5, 5.41) is 3.62. The minimum atomic E-state index is -3.30. The van der Waals surface area contributed by atoms with Gasteiger partial charge in [0.2, 0.25) is 0 Å². The predicted octanol–water partition coefficient (Wildman–Crippen LogP) is 1.98. The van der Waals surface area contributed by atoms with E-state index in [1.54, 1.807) is 18.2 Å². The average molecular weight is 334 g/mol. The van der Waals surface area contributed by atoms with Crippen LogP contribution in [0.4, 0.5) is 0 Å². The number of hydrogen-bond acceptors (Lipinski definition) is 5. The van der Waals surface area contributed by atoms with Gasteiger partial charge in [0.25, 0.3) is 0 Å². The lowest BCUT2D eigenvalue weighted by Gasteiger charge is -2.17.